The number of rotatable bonds is 5. The van der Waals surface area contributed by atoms with Crippen molar-refractivity contribution in [2.24, 2.45) is 7.05 Å². The van der Waals surface area contributed by atoms with E-state index in [1.807, 2.05) is 0 Å². The Morgan fingerprint density at radius 2 is 1.79 bits per heavy atom. The summed E-state index contributed by atoms with van der Waals surface area (Å²) in [5.74, 6) is -2.03. The highest BCUT2D eigenvalue weighted by Gasteiger charge is 2.21. The molecule has 3 aromatic rings. The standard InChI is InChI=1S/C20H19F2N3O3S/c1-12(13-4-7-15(8-5-13)29(3,27)28)23-20(26)17-11-25(2)24-19(17)16-9-6-14(21)10-18(16)22/h4-12H,1-3H3,(H,23,26). The average molecular weight is 419 g/mol. The lowest BCUT2D eigenvalue weighted by Crippen LogP contribution is -2.26. The molecule has 1 atom stereocenters. The van der Waals surface area contributed by atoms with Gasteiger partial charge in [-0.2, -0.15) is 5.10 Å². The normalized spacial score (nSPS) is 12.6. The third-order valence-electron chi connectivity index (χ3n) is 4.42. The SMILES string of the molecule is CC(NC(=O)c1cn(C)nc1-c1ccc(F)cc1F)c1ccc(S(C)(=O)=O)cc1. The third kappa shape index (κ3) is 4.51. The zero-order chi connectivity index (χ0) is 21.3. The quantitative estimate of drug-likeness (QED) is 0.688. The second-order valence-corrected chi connectivity index (χ2v) is 8.74. The van der Waals surface area contributed by atoms with Gasteiger partial charge in [0.05, 0.1) is 16.5 Å². The molecule has 3 rings (SSSR count). The fourth-order valence-corrected chi connectivity index (χ4v) is 3.53. The van der Waals surface area contributed by atoms with Crippen LogP contribution in [0.25, 0.3) is 11.3 Å². The van der Waals surface area contributed by atoms with Crippen LogP contribution in [0, 0.1) is 11.6 Å². The van der Waals surface area contributed by atoms with Crippen LogP contribution in [0.3, 0.4) is 0 Å². The van der Waals surface area contributed by atoms with E-state index in [9.17, 15) is 22.0 Å². The lowest BCUT2D eigenvalue weighted by Gasteiger charge is -2.15. The largest absolute Gasteiger partial charge is 0.345 e. The number of amides is 1. The summed E-state index contributed by atoms with van der Waals surface area (Å²) in [6, 6.07) is 8.79. The van der Waals surface area contributed by atoms with Gasteiger partial charge in [-0.3, -0.25) is 9.48 Å². The van der Waals surface area contributed by atoms with Crippen molar-refractivity contribution < 1.29 is 22.0 Å². The molecule has 0 bridgehead atoms. The minimum atomic E-state index is -3.31. The molecule has 1 N–H and O–H groups in total. The molecule has 0 aliphatic heterocycles. The van der Waals surface area contributed by atoms with Crippen LogP contribution in [0.2, 0.25) is 0 Å². The van der Waals surface area contributed by atoms with Gasteiger partial charge in [0.15, 0.2) is 9.84 Å². The minimum absolute atomic E-state index is 0.0160. The molecule has 2 aromatic carbocycles. The fraction of sp³-hybridized carbons (Fsp3) is 0.200. The topological polar surface area (TPSA) is 81.1 Å². The Morgan fingerprint density at radius 1 is 1.14 bits per heavy atom. The Morgan fingerprint density at radius 3 is 2.38 bits per heavy atom. The van der Waals surface area contributed by atoms with Gasteiger partial charge < -0.3 is 5.32 Å². The van der Waals surface area contributed by atoms with Crippen LogP contribution in [0.15, 0.2) is 53.6 Å². The highest BCUT2D eigenvalue weighted by atomic mass is 32.2. The van der Waals surface area contributed by atoms with Crippen LogP contribution in [0.5, 0.6) is 0 Å². The lowest BCUT2D eigenvalue weighted by atomic mass is 10.1. The zero-order valence-electron chi connectivity index (χ0n) is 16.0. The average Bonchev–Trinajstić information content (AvgIpc) is 3.02. The van der Waals surface area contributed by atoms with Gasteiger partial charge in [0.1, 0.15) is 17.3 Å². The second-order valence-electron chi connectivity index (χ2n) is 6.73. The number of carbonyl (C=O) groups excluding carboxylic acids is 1. The fourth-order valence-electron chi connectivity index (χ4n) is 2.90. The summed E-state index contributed by atoms with van der Waals surface area (Å²) in [6.07, 6.45) is 2.57. The molecule has 0 saturated heterocycles. The maximum absolute atomic E-state index is 14.2. The Labute approximate surface area is 167 Å². The van der Waals surface area contributed by atoms with Gasteiger partial charge >= 0.3 is 0 Å². The first kappa shape index (κ1) is 20.7. The molecule has 29 heavy (non-hydrogen) atoms. The molecule has 0 spiro atoms. The number of hydrogen-bond donors (Lipinski definition) is 1. The number of carbonyl (C=O) groups is 1. The zero-order valence-corrected chi connectivity index (χ0v) is 16.8. The molecular weight excluding hydrogens is 400 g/mol. The molecule has 1 amide bonds. The van der Waals surface area contributed by atoms with Crippen molar-refractivity contribution in [3.05, 3.63) is 71.4 Å². The van der Waals surface area contributed by atoms with Crippen molar-refractivity contribution >= 4 is 15.7 Å². The predicted octanol–water partition coefficient (Wildman–Crippen LogP) is 3.26. The highest BCUT2D eigenvalue weighted by Crippen LogP contribution is 2.26. The van der Waals surface area contributed by atoms with E-state index in [1.54, 1.807) is 26.1 Å². The summed E-state index contributed by atoms with van der Waals surface area (Å²) >= 11 is 0. The van der Waals surface area contributed by atoms with Gasteiger partial charge in [-0.25, -0.2) is 17.2 Å². The van der Waals surface area contributed by atoms with E-state index in [0.29, 0.717) is 5.56 Å². The van der Waals surface area contributed by atoms with Gasteiger partial charge in [0, 0.05) is 31.1 Å². The van der Waals surface area contributed by atoms with E-state index in [0.717, 1.165) is 18.4 Å². The van der Waals surface area contributed by atoms with Crippen molar-refractivity contribution in [1.29, 1.82) is 0 Å². The van der Waals surface area contributed by atoms with E-state index in [2.05, 4.69) is 10.4 Å². The summed E-state index contributed by atoms with van der Waals surface area (Å²) in [4.78, 5) is 13.0. The first-order valence-corrected chi connectivity index (χ1v) is 10.6. The number of nitrogens with zero attached hydrogens (tertiary/aromatic N) is 2. The molecule has 152 valence electrons. The Kier molecular flexibility index (Phi) is 5.52. The van der Waals surface area contributed by atoms with E-state index in [-0.39, 0.29) is 21.7 Å². The summed E-state index contributed by atoms with van der Waals surface area (Å²) in [5, 5.41) is 6.92. The predicted molar refractivity (Wildman–Crippen MR) is 104 cm³/mol. The first-order valence-electron chi connectivity index (χ1n) is 8.66. The molecule has 0 saturated carbocycles. The van der Waals surface area contributed by atoms with Crippen molar-refractivity contribution in [2.75, 3.05) is 6.26 Å². The number of nitrogens with one attached hydrogen (secondary N) is 1. The van der Waals surface area contributed by atoms with Crippen molar-refractivity contribution in [3.8, 4) is 11.3 Å². The van der Waals surface area contributed by atoms with Crippen LogP contribution < -0.4 is 5.32 Å². The highest BCUT2D eigenvalue weighted by molar-refractivity contribution is 7.90. The molecule has 1 aromatic heterocycles. The number of halogens is 2. The molecule has 0 radical (unpaired) electrons. The molecule has 1 unspecified atom stereocenters. The van der Waals surface area contributed by atoms with E-state index < -0.39 is 33.4 Å². The Hall–Kier alpha value is -3.07. The summed E-state index contributed by atoms with van der Waals surface area (Å²) < 4.78 is 51.9. The second kappa shape index (κ2) is 7.75. The van der Waals surface area contributed by atoms with E-state index in [4.69, 9.17) is 0 Å². The van der Waals surface area contributed by atoms with Gasteiger partial charge in [-0.1, -0.05) is 12.1 Å². The molecule has 0 fully saturated rings. The van der Waals surface area contributed by atoms with Crippen LogP contribution in [-0.4, -0.2) is 30.4 Å². The van der Waals surface area contributed by atoms with E-state index in [1.165, 1.54) is 29.1 Å². The Bertz CT molecular complexity index is 1170. The van der Waals surface area contributed by atoms with Crippen molar-refractivity contribution in [2.45, 2.75) is 17.9 Å². The smallest absolute Gasteiger partial charge is 0.255 e. The van der Waals surface area contributed by atoms with Crippen LogP contribution >= 0.6 is 0 Å². The van der Waals surface area contributed by atoms with Gasteiger partial charge in [-0.05, 0) is 36.8 Å². The van der Waals surface area contributed by atoms with Gasteiger partial charge in [0.2, 0.25) is 0 Å². The van der Waals surface area contributed by atoms with Crippen LogP contribution in [0.4, 0.5) is 8.78 Å². The number of aromatic nitrogens is 2. The summed E-state index contributed by atoms with van der Waals surface area (Å²) in [5.41, 5.74) is 0.950. The Balaban J connectivity index is 1.86. The molecule has 0 aliphatic carbocycles. The molecule has 0 aliphatic rings. The van der Waals surface area contributed by atoms with Gasteiger partial charge in [0.25, 0.3) is 5.91 Å². The minimum Gasteiger partial charge on any atom is -0.345 e. The third-order valence-corrected chi connectivity index (χ3v) is 5.54. The number of hydrogen-bond acceptors (Lipinski definition) is 4. The monoisotopic (exact) mass is 419 g/mol. The summed E-state index contributed by atoms with van der Waals surface area (Å²) in [6.45, 7) is 1.74. The number of benzene rings is 2. The molecule has 9 heteroatoms. The molecule has 6 nitrogen and oxygen atoms in total. The van der Waals surface area contributed by atoms with Crippen LogP contribution in [0.1, 0.15) is 28.9 Å². The molecule has 1 heterocycles. The van der Waals surface area contributed by atoms with Gasteiger partial charge in [-0.15, -0.1) is 0 Å². The van der Waals surface area contributed by atoms with E-state index >= 15 is 0 Å². The van der Waals surface area contributed by atoms with Crippen molar-refractivity contribution in [3.63, 3.8) is 0 Å². The number of sulfone groups is 1. The first-order chi connectivity index (χ1) is 13.6. The van der Waals surface area contributed by atoms with Crippen molar-refractivity contribution in [1.82, 2.24) is 15.1 Å². The number of aryl methyl sites for hydroxylation is 1. The maximum Gasteiger partial charge on any atom is 0.255 e. The lowest BCUT2D eigenvalue weighted by molar-refractivity contribution is 0.0940. The van der Waals surface area contributed by atoms with Crippen LogP contribution in [-0.2, 0) is 16.9 Å². The summed E-state index contributed by atoms with van der Waals surface area (Å²) in [7, 11) is -1.72. The maximum atomic E-state index is 14.2. The molecular formula is C20H19F2N3O3S.